The quantitative estimate of drug-likeness (QED) is 0.687. The van der Waals surface area contributed by atoms with Crippen molar-refractivity contribution in [3.05, 3.63) is 58.4 Å². The second kappa shape index (κ2) is 3.17. The summed E-state index contributed by atoms with van der Waals surface area (Å²) in [5.41, 5.74) is 4.14. The van der Waals surface area contributed by atoms with Crippen molar-refractivity contribution >= 4 is 23.5 Å². The monoisotopic (exact) mass is 214 g/mol. The van der Waals surface area contributed by atoms with Crippen molar-refractivity contribution in [1.29, 1.82) is 0 Å². The molecule has 2 nitrogen and oxygen atoms in total. The summed E-state index contributed by atoms with van der Waals surface area (Å²) in [6.45, 7) is 0. The van der Waals surface area contributed by atoms with Gasteiger partial charge in [-0.15, -0.1) is 0 Å². The average Bonchev–Trinajstić information content (AvgIpc) is 2.77. The van der Waals surface area contributed by atoms with Gasteiger partial charge in [-0.3, -0.25) is 9.98 Å². The minimum atomic E-state index is 0.725. The largest absolute Gasteiger partial charge is 0.263 e. The molecule has 0 atom stereocenters. The Morgan fingerprint density at radius 3 is 2.93 bits per heavy atom. The predicted molar refractivity (Wildman–Crippen MR) is 62.6 cm³/mol. The van der Waals surface area contributed by atoms with Gasteiger partial charge < -0.3 is 0 Å². The van der Waals surface area contributed by atoms with Crippen LogP contribution in [-0.2, 0) is 0 Å². The van der Waals surface area contributed by atoms with E-state index >= 15 is 0 Å². The zero-order valence-electron chi connectivity index (χ0n) is 7.81. The van der Waals surface area contributed by atoms with Crippen LogP contribution >= 0.6 is 11.6 Å². The molecule has 15 heavy (non-hydrogen) atoms. The highest BCUT2D eigenvalue weighted by Crippen LogP contribution is 2.26. The van der Waals surface area contributed by atoms with Gasteiger partial charge in [0.25, 0.3) is 0 Å². The van der Waals surface area contributed by atoms with Gasteiger partial charge >= 0.3 is 0 Å². The Kier molecular flexibility index (Phi) is 1.82. The number of halogens is 1. The van der Waals surface area contributed by atoms with Gasteiger partial charge in [0.1, 0.15) is 0 Å². The van der Waals surface area contributed by atoms with Crippen LogP contribution in [0.4, 0.5) is 0 Å². The number of nitrogens with zero attached hydrogens (tertiary/aromatic N) is 2. The molecule has 3 rings (SSSR count). The number of hydrogen-bond acceptors (Lipinski definition) is 2. The fourth-order valence-electron chi connectivity index (χ4n) is 1.71. The normalized spacial score (nSPS) is 17.3. The molecule has 3 heteroatoms. The molecule has 2 aliphatic rings. The topological polar surface area (TPSA) is 24.7 Å². The van der Waals surface area contributed by atoms with E-state index in [2.05, 4.69) is 9.98 Å². The van der Waals surface area contributed by atoms with Crippen LogP contribution in [0.5, 0.6) is 0 Å². The highest BCUT2D eigenvalue weighted by atomic mass is 35.5. The first-order valence-corrected chi connectivity index (χ1v) is 5.00. The highest BCUT2D eigenvalue weighted by molar-refractivity contribution is 6.31. The molecule has 0 spiro atoms. The van der Waals surface area contributed by atoms with Crippen LogP contribution in [0.25, 0.3) is 0 Å². The first kappa shape index (κ1) is 8.62. The van der Waals surface area contributed by atoms with Gasteiger partial charge in [0.15, 0.2) is 0 Å². The third-order valence-corrected chi connectivity index (χ3v) is 2.65. The Bertz CT molecular complexity index is 550. The van der Waals surface area contributed by atoms with Crippen LogP contribution in [0.3, 0.4) is 0 Å². The standard InChI is InChI=1S/C12H7ClN2/c13-10-3-1-2-8(4-10)12-11-7-14-5-9(11)6-15-12/h1-7H. The number of allylic oxidation sites excluding steroid dienone is 2. The van der Waals surface area contributed by atoms with E-state index in [9.17, 15) is 0 Å². The summed E-state index contributed by atoms with van der Waals surface area (Å²) in [6, 6.07) is 7.69. The van der Waals surface area contributed by atoms with Crippen molar-refractivity contribution in [2.45, 2.75) is 0 Å². The van der Waals surface area contributed by atoms with Crippen molar-refractivity contribution in [3.63, 3.8) is 0 Å². The van der Waals surface area contributed by atoms with Crippen molar-refractivity contribution in [2.24, 2.45) is 9.98 Å². The van der Waals surface area contributed by atoms with Crippen molar-refractivity contribution in [1.82, 2.24) is 0 Å². The molecule has 1 aromatic carbocycles. The summed E-state index contributed by atoms with van der Waals surface area (Å²) in [7, 11) is 0. The summed E-state index contributed by atoms with van der Waals surface area (Å²) in [4.78, 5) is 8.46. The molecule has 0 N–H and O–H groups in total. The van der Waals surface area contributed by atoms with Crippen LogP contribution in [0.15, 0.2) is 57.8 Å². The Morgan fingerprint density at radius 1 is 1.13 bits per heavy atom. The highest BCUT2D eigenvalue weighted by Gasteiger charge is 2.20. The second-order valence-electron chi connectivity index (χ2n) is 3.39. The molecule has 0 fully saturated rings. The number of aliphatic imine (C=N–C) groups is 2. The van der Waals surface area contributed by atoms with Crippen molar-refractivity contribution in [3.8, 4) is 0 Å². The number of rotatable bonds is 1. The minimum Gasteiger partial charge on any atom is -0.263 e. The lowest BCUT2D eigenvalue weighted by Crippen LogP contribution is -2.01. The van der Waals surface area contributed by atoms with Gasteiger partial charge in [-0.2, -0.15) is 0 Å². The third kappa shape index (κ3) is 1.34. The summed E-state index contributed by atoms with van der Waals surface area (Å²) < 4.78 is 0. The smallest absolute Gasteiger partial charge is 0.0797 e. The zero-order chi connectivity index (χ0) is 10.3. The molecule has 0 aromatic heterocycles. The maximum atomic E-state index is 5.94. The molecular formula is C12H7ClN2. The summed E-state index contributed by atoms with van der Waals surface area (Å²) in [5.74, 6) is 0. The molecule has 0 bridgehead atoms. The van der Waals surface area contributed by atoms with Gasteiger partial charge in [0.05, 0.1) is 5.71 Å². The van der Waals surface area contributed by atoms with Crippen molar-refractivity contribution < 1.29 is 0 Å². The second-order valence-corrected chi connectivity index (χ2v) is 3.83. The van der Waals surface area contributed by atoms with Crippen LogP contribution in [0, 0.1) is 0 Å². The summed E-state index contributed by atoms with van der Waals surface area (Å²) in [5, 5.41) is 0.725. The van der Waals surface area contributed by atoms with E-state index in [1.54, 1.807) is 0 Å². The van der Waals surface area contributed by atoms with Crippen LogP contribution in [0.1, 0.15) is 5.56 Å². The number of fused-ring (bicyclic) bond motifs is 1. The average molecular weight is 215 g/mol. The van der Waals surface area contributed by atoms with Gasteiger partial charge in [0.2, 0.25) is 0 Å². The van der Waals surface area contributed by atoms with E-state index in [1.165, 1.54) is 0 Å². The molecule has 72 valence electrons. The SMILES string of the molecule is Clc1cccc(C2=NC=C3C=NC=C32)c1. The molecule has 1 aromatic rings. The molecule has 0 aliphatic carbocycles. The number of hydrogen-bond donors (Lipinski definition) is 0. The molecule has 2 heterocycles. The lowest BCUT2D eigenvalue weighted by molar-refractivity contribution is 1.55. The van der Waals surface area contributed by atoms with E-state index in [4.69, 9.17) is 11.6 Å². The molecule has 2 aliphatic heterocycles. The Morgan fingerprint density at radius 2 is 2.07 bits per heavy atom. The van der Waals surface area contributed by atoms with E-state index in [0.29, 0.717) is 0 Å². The maximum absolute atomic E-state index is 5.94. The zero-order valence-corrected chi connectivity index (χ0v) is 8.57. The van der Waals surface area contributed by atoms with Crippen LogP contribution < -0.4 is 0 Å². The molecule has 0 saturated heterocycles. The summed E-state index contributed by atoms with van der Waals surface area (Å²) >= 11 is 5.94. The summed E-state index contributed by atoms with van der Waals surface area (Å²) in [6.07, 6.45) is 5.48. The van der Waals surface area contributed by atoms with Gasteiger partial charge in [0, 0.05) is 40.3 Å². The molecular weight excluding hydrogens is 208 g/mol. The Balaban J connectivity index is 2.05. The number of benzene rings is 1. The van der Waals surface area contributed by atoms with E-state index < -0.39 is 0 Å². The molecule has 0 saturated carbocycles. The first-order valence-electron chi connectivity index (χ1n) is 4.62. The van der Waals surface area contributed by atoms with Gasteiger partial charge in [-0.05, 0) is 12.1 Å². The van der Waals surface area contributed by atoms with E-state index in [-0.39, 0.29) is 0 Å². The third-order valence-electron chi connectivity index (χ3n) is 2.41. The maximum Gasteiger partial charge on any atom is 0.0797 e. The van der Waals surface area contributed by atoms with Crippen molar-refractivity contribution in [2.75, 3.05) is 0 Å². The molecule has 0 radical (unpaired) electrons. The molecule has 0 unspecified atom stereocenters. The Labute approximate surface area is 92.3 Å². The lowest BCUT2D eigenvalue weighted by atomic mass is 10.0. The first-order chi connectivity index (χ1) is 7.34. The predicted octanol–water partition coefficient (Wildman–Crippen LogP) is 2.99. The van der Waals surface area contributed by atoms with Gasteiger partial charge in [-0.1, -0.05) is 23.7 Å². The van der Waals surface area contributed by atoms with Gasteiger partial charge in [-0.25, -0.2) is 0 Å². The van der Waals surface area contributed by atoms with E-state index in [1.807, 2.05) is 42.9 Å². The fraction of sp³-hybridized carbons (Fsp3) is 0. The fourth-order valence-corrected chi connectivity index (χ4v) is 1.90. The van der Waals surface area contributed by atoms with Crippen LogP contribution in [-0.4, -0.2) is 11.9 Å². The lowest BCUT2D eigenvalue weighted by Gasteiger charge is -2.02. The van der Waals surface area contributed by atoms with Crippen LogP contribution in [0.2, 0.25) is 5.02 Å². The molecule has 0 amide bonds. The minimum absolute atomic E-state index is 0.725. The van der Waals surface area contributed by atoms with E-state index in [0.717, 1.165) is 27.4 Å². The Hall–Kier alpha value is -1.67.